The standard InChI is InChI=1S/C28H22N4OS/c1-16-11-13-17(14-12-16)22-15-20(24-26(29)31-28(34)32-27(24)33-22)23-19-9-5-6-10-21(19)30-25(23)18-7-3-2-4-8-18/h2-15,20,30H,1H3,(H3,29,31,32,34). The molecule has 0 spiro atoms. The molecule has 4 N–H and O–H groups in total. The minimum atomic E-state index is -0.203. The van der Waals surface area contributed by atoms with Crippen LogP contribution >= 0.6 is 12.2 Å². The molecule has 0 aliphatic carbocycles. The van der Waals surface area contributed by atoms with Crippen LogP contribution in [0, 0.1) is 11.7 Å². The molecule has 0 radical (unpaired) electrons. The number of fused-ring (bicyclic) bond motifs is 2. The Bertz CT molecular complexity index is 1610. The normalized spacial score (nSPS) is 15.0. The highest BCUT2D eigenvalue weighted by atomic mass is 32.1. The summed E-state index contributed by atoms with van der Waals surface area (Å²) in [7, 11) is 0. The fourth-order valence-corrected chi connectivity index (χ4v) is 4.84. The molecular weight excluding hydrogens is 440 g/mol. The largest absolute Gasteiger partial charge is 0.438 e. The van der Waals surface area contributed by atoms with Crippen LogP contribution < -0.4 is 10.5 Å². The van der Waals surface area contributed by atoms with E-state index in [1.807, 2.05) is 24.3 Å². The molecule has 0 bridgehead atoms. The zero-order chi connectivity index (χ0) is 23.2. The monoisotopic (exact) mass is 462 g/mol. The smallest absolute Gasteiger partial charge is 0.229 e. The third-order valence-corrected chi connectivity index (χ3v) is 6.45. The first-order valence-electron chi connectivity index (χ1n) is 11.1. The highest BCUT2D eigenvalue weighted by Gasteiger charge is 2.32. The number of hydrogen-bond acceptors (Lipinski definition) is 4. The van der Waals surface area contributed by atoms with E-state index < -0.39 is 0 Å². The van der Waals surface area contributed by atoms with E-state index in [4.69, 9.17) is 22.7 Å². The molecule has 6 rings (SSSR count). The molecule has 0 fully saturated rings. The molecule has 34 heavy (non-hydrogen) atoms. The van der Waals surface area contributed by atoms with Crippen LogP contribution in [0.2, 0.25) is 0 Å². The van der Waals surface area contributed by atoms with Crippen molar-refractivity contribution in [2.45, 2.75) is 12.8 Å². The van der Waals surface area contributed by atoms with Gasteiger partial charge in [0.15, 0.2) is 0 Å². The predicted octanol–water partition coefficient (Wildman–Crippen LogP) is 6.74. The lowest BCUT2D eigenvalue weighted by Crippen LogP contribution is -2.15. The molecule has 6 heteroatoms. The van der Waals surface area contributed by atoms with Crippen molar-refractivity contribution in [1.82, 2.24) is 15.0 Å². The van der Waals surface area contributed by atoms with Gasteiger partial charge in [-0.1, -0.05) is 78.4 Å². The van der Waals surface area contributed by atoms with E-state index in [0.717, 1.165) is 44.6 Å². The average Bonchev–Trinajstić information content (AvgIpc) is 3.23. The Labute approximate surface area is 202 Å². The van der Waals surface area contributed by atoms with E-state index in [2.05, 4.69) is 82.5 Å². The molecule has 5 nitrogen and oxygen atoms in total. The zero-order valence-corrected chi connectivity index (χ0v) is 19.3. The summed E-state index contributed by atoms with van der Waals surface area (Å²) in [5, 5.41) is 1.13. The van der Waals surface area contributed by atoms with Crippen molar-refractivity contribution < 1.29 is 4.74 Å². The van der Waals surface area contributed by atoms with Gasteiger partial charge >= 0.3 is 0 Å². The molecule has 0 saturated heterocycles. The lowest BCUT2D eigenvalue weighted by molar-refractivity contribution is 0.469. The molecule has 1 unspecified atom stereocenters. The summed E-state index contributed by atoms with van der Waals surface area (Å²) >= 11 is 5.32. The second-order valence-electron chi connectivity index (χ2n) is 8.48. The summed E-state index contributed by atoms with van der Waals surface area (Å²) < 4.78 is 6.57. The van der Waals surface area contributed by atoms with Gasteiger partial charge in [-0.25, -0.2) is 0 Å². The second-order valence-corrected chi connectivity index (χ2v) is 8.86. The molecule has 0 saturated carbocycles. The first-order chi connectivity index (χ1) is 16.6. The maximum absolute atomic E-state index is 6.49. The second kappa shape index (κ2) is 8.01. The number of nitrogen functional groups attached to an aromatic ring is 1. The Morgan fingerprint density at radius 2 is 1.59 bits per heavy atom. The van der Waals surface area contributed by atoms with Crippen LogP contribution in [0.5, 0.6) is 5.88 Å². The Kier molecular flexibility index (Phi) is 4.81. The van der Waals surface area contributed by atoms with Gasteiger partial charge in [-0.05, 0) is 42.4 Å². The first-order valence-corrected chi connectivity index (χ1v) is 11.5. The lowest BCUT2D eigenvalue weighted by atomic mass is 9.85. The van der Waals surface area contributed by atoms with Gasteiger partial charge in [-0.2, -0.15) is 4.98 Å². The number of anilines is 1. The van der Waals surface area contributed by atoms with Crippen LogP contribution in [0.25, 0.3) is 27.9 Å². The number of hydrogen-bond donors (Lipinski definition) is 3. The van der Waals surface area contributed by atoms with E-state index in [-0.39, 0.29) is 5.92 Å². The number of nitrogens with zero attached hydrogens (tertiary/aromatic N) is 1. The van der Waals surface area contributed by atoms with Crippen molar-refractivity contribution in [2.75, 3.05) is 5.73 Å². The molecule has 1 aliphatic rings. The molecule has 2 aromatic heterocycles. The number of para-hydroxylation sites is 1. The number of rotatable bonds is 3. The third kappa shape index (κ3) is 3.40. The Morgan fingerprint density at radius 3 is 2.38 bits per heavy atom. The summed E-state index contributed by atoms with van der Waals surface area (Å²) in [4.78, 5) is 11.2. The van der Waals surface area contributed by atoms with Gasteiger partial charge in [0.05, 0.1) is 11.3 Å². The molecule has 3 heterocycles. The number of aryl methyl sites for hydroxylation is 1. The fourth-order valence-electron chi connectivity index (χ4n) is 4.65. The Balaban J connectivity index is 1.66. The number of H-pyrrole nitrogens is 2. The molecular formula is C28H22N4OS. The van der Waals surface area contributed by atoms with E-state index in [1.165, 1.54) is 5.56 Å². The van der Waals surface area contributed by atoms with E-state index in [9.17, 15) is 0 Å². The summed E-state index contributed by atoms with van der Waals surface area (Å²) in [6.07, 6.45) is 2.13. The Morgan fingerprint density at radius 1 is 0.853 bits per heavy atom. The predicted molar refractivity (Wildman–Crippen MR) is 139 cm³/mol. The summed E-state index contributed by atoms with van der Waals surface area (Å²) in [6, 6.07) is 26.9. The fraction of sp³-hybridized carbons (Fsp3) is 0.0714. The quantitative estimate of drug-likeness (QED) is 0.259. The van der Waals surface area contributed by atoms with Gasteiger partial charge in [0, 0.05) is 22.4 Å². The van der Waals surface area contributed by atoms with E-state index in [1.54, 1.807) is 0 Å². The van der Waals surface area contributed by atoms with Gasteiger partial charge in [0.1, 0.15) is 11.6 Å². The number of nitrogens with two attached hydrogens (primary N) is 1. The number of allylic oxidation sites excluding steroid dienone is 1. The molecule has 0 amide bonds. The van der Waals surface area contributed by atoms with Crippen LogP contribution in [-0.2, 0) is 0 Å². The molecule has 5 aromatic rings. The topological polar surface area (TPSA) is 79.7 Å². The average molecular weight is 463 g/mol. The van der Waals surface area contributed by atoms with Crippen molar-refractivity contribution in [2.24, 2.45) is 0 Å². The van der Waals surface area contributed by atoms with Gasteiger partial charge in [0.2, 0.25) is 10.7 Å². The first kappa shape index (κ1) is 20.4. The summed E-state index contributed by atoms with van der Waals surface area (Å²) in [5.74, 6) is 1.43. The molecule has 166 valence electrons. The SMILES string of the molecule is Cc1ccc(C2=CC(c3c(-c4ccccc4)[nH]c4ccccc34)c3c(nc(=S)[nH]c3N)O2)cc1. The minimum absolute atomic E-state index is 0.203. The highest BCUT2D eigenvalue weighted by molar-refractivity contribution is 7.71. The van der Waals surface area contributed by atoms with Crippen molar-refractivity contribution in [3.8, 4) is 17.1 Å². The highest BCUT2D eigenvalue weighted by Crippen LogP contribution is 2.47. The number of benzene rings is 3. The number of ether oxygens (including phenoxy) is 1. The summed E-state index contributed by atoms with van der Waals surface area (Å²) in [6.45, 7) is 2.07. The maximum Gasteiger partial charge on any atom is 0.229 e. The van der Waals surface area contributed by atoms with Crippen LogP contribution in [0.1, 0.15) is 28.2 Å². The van der Waals surface area contributed by atoms with Crippen molar-refractivity contribution in [3.63, 3.8) is 0 Å². The van der Waals surface area contributed by atoms with Crippen molar-refractivity contribution in [1.29, 1.82) is 0 Å². The van der Waals surface area contributed by atoms with Gasteiger partial charge in [-0.3, -0.25) is 0 Å². The molecule has 1 atom stereocenters. The minimum Gasteiger partial charge on any atom is -0.438 e. The van der Waals surface area contributed by atoms with Crippen LogP contribution in [-0.4, -0.2) is 15.0 Å². The lowest BCUT2D eigenvalue weighted by Gasteiger charge is -2.26. The Hall–Kier alpha value is -4.16. The molecule has 1 aliphatic heterocycles. The van der Waals surface area contributed by atoms with Gasteiger partial charge < -0.3 is 20.4 Å². The van der Waals surface area contributed by atoms with Crippen molar-refractivity contribution in [3.05, 3.63) is 112 Å². The van der Waals surface area contributed by atoms with Crippen LogP contribution in [0.4, 0.5) is 5.82 Å². The van der Waals surface area contributed by atoms with E-state index >= 15 is 0 Å². The number of aromatic amines is 2. The van der Waals surface area contributed by atoms with Crippen LogP contribution in [0.15, 0.2) is 84.9 Å². The van der Waals surface area contributed by atoms with Crippen LogP contribution in [0.3, 0.4) is 0 Å². The van der Waals surface area contributed by atoms with Gasteiger partial charge in [-0.15, -0.1) is 0 Å². The zero-order valence-electron chi connectivity index (χ0n) is 18.5. The molecule has 3 aromatic carbocycles. The van der Waals surface area contributed by atoms with Crippen molar-refractivity contribution >= 4 is 34.7 Å². The van der Waals surface area contributed by atoms with E-state index in [0.29, 0.717) is 16.5 Å². The van der Waals surface area contributed by atoms with Gasteiger partial charge in [0.25, 0.3) is 0 Å². The number of aromatic nitrogens is 3. The third-order valence-electron chi connectivity index (χ3n) is 6.26. The summed E-state index contributed by atoms with van der Waals surface area (Å²) in [5.41, 5.74) is 13.8. The maximum atomic E-state index is 6.49. The number of nitrogens with one attached hydrogen (secondary N) is 2.